The smallest absolute Gasteiger partial charge is 0.414 e. The molecule has 1 saturated heterocycles. The lowest BCUT2D eigenvalue weighted by molar-refractivity contribution is 0.102. The fraction of sp³-hybridized carbons (Fsp3) is 0.176. The van der Waals surface area contributed by atoms with Gasteiger partial charge in [-0.05, 0) is 36.4 Å². The number of anilines is 2. The van der Waals surface area contributed by atoms with Gasteiger partial charge in [-0.25, -0.2) is 4.79 Å². The molecule has 6 heteroatoms. The zero-order chi connectivity index (χ0) is 16.2. The molecule has 1 fully saturated rings. The Labute approximate surface area is 133 Å². The topological polar surface area (TPSA) is 67.9 Å². The van der Waals surface area contributed by atoms with Crippen LogP contribution in [0.25, 0.3) is 0 Å². The van der Waals surface area contributed by atoms with Crippen molar-refractivity contribution in [1.82, 2.24) is 0 Å². The molecule has 1 heterocycles. The van der Waals surface area contributed by atoms with Crippen LogP contribution in [-0.2, 0) is 4.74 Å². The molecular weight excluding hydrogens is 296 g/mol. The molecule has 118 valence electrons. The molecular formula is C17H16N2O4. The van der Waals surface area contributed by atoms with E-state index in [9.17, 15) is 9.59 Å². The van der Waals surface area contributed by atoms with Crippen molar-refractivity contribution < 1.29 is 19.1 Å². The zero-order valence-electron chi connectivity index (χ0n) is 12.6. The maximum absolute atomic E-state index is 12.3. The van der Waals surface area contributed by atoms with Crippen molar-refractivity contribution >= 4 is 23.4 Å². The standard InChI is InChI=1S/C17H16N2O4/c1-22-15-5-3-2-4-14(15)18-16(20)12-6-8-13(9-7-12)19-10-11-23-17(19)21/h2-9H,10-11H2,1H3,(H,18,20). The number of cyclic esters (lactones) is 1. The third kappa shape index (κ3) is 3.11. The van der Waals surface area contributed by atoms with Gasteiger partial charge >= 0.3 is 6.09 Å². The minimum Gasteiger partial charge on any atom is -0.495 e. The van der Waals surface area contributed by atoms with E-state index in [4.69, 9.17) is 9.47 Å². The maximum Gasteiger partial charge on any atom is 0.414 e. The minimum absolute atomic E-state index is 0.245. The van der Waals surface area contributed by atoms with Gasteiger partial charge in [0, 0.05) is 11.3 Å². The Kier molecular flexibility index (Phi) is 4.14. The van der Waals surface area contributed by atoms with E-state index in [1.54, 1.807) is 43.5 Å². The number of rotatable bonds is 4. The van der Waals surface area contributed by atoms with Crippen LogP contribution in [-0.4, -0.2) is 32.3 Å². The molecule has 0 saturated carbocycles. The van der Waals surface area contributed by atoms with Crippen LogP contribution in [0.15, 0.2) is 48.5 Å². The molecule has 0 radical (unpaired) electrons. The fourth-order valence-electron chi connectivity index (χ4n) is 2.36. The number of ether oxygens (including phenoxy) is 2. The summed E-state index contributed by atoms with van der Waals surface area (Å²) < 4.78 is 10.1. The van der Waals surface area contributed by atoms with Crippen molar-refractivity contribution in [3.8, 4) is 5.75 Å². The second-order valence-corrected chi connectivity index (χ2v) is 4.97. The van der Waals surface area contributed by atoms with Crippen LogP contribution in [0.3, 0.4) is 0 Å². The van der Waals surface area contributed by atoms with Gasteiger partial charge in [0.1, 0.15) is 12.4 Å². The Balaban J connectivity index is 1.74. The van der Waals surface area contributed by atoms with Crippen molar-refractivity contribution in [1.29, 1.82) is 0 Å². The van der Waals surface area contributed by atoms with Gasteiger partial charge in [0.15, 0.2) is 0 Å². The van der Waals surface area contributed by atoms with Crippen molar-refractivity contribution in [3.05, 3.63) is 54.1 Å². The summed E-state index contributed by atoms with van der Waals surface area (Å²) in [5, 5.41) is 2.81. The number of benzene rings is 2. The lowest BCUT2D eigenvalue weighted by Gasteiger charge is -2.13. The van der Waals surface area contributed by atoms with Crippen LogP contribution < -0.4 is 15.0 Å². The van der Waals surface area contributed by atoms with Gasteiger partial charge in [0.25, 0.3) is 5.91 Å². The van der Waals surface area contributed by atoms with E-state index in [1.807, 2.05) is 12.1 Å². The number of nitrogens with one attached hydrogen (secondary N) is 1. The molecule has 23 heavy (non-hydrogen) atoms. The SMILES string of the molecule is COc1ccccc1NC(=O)c1ccc(N2CCOC2=O)cc1. The average Bonchev–Trinajstić information content (AvgIpc) is 3.01. The summed E-state index contributed by atoms with van der Waals surface area (Å²) >= 11 is 0. The van der Waals surface area contributed by atoms with Gasteiger partial charge < -0.3 is 14.8 Å². The number of hydrogen-bond donors (Lipinski definition) is 1. The lowest BCUT2D eigenvalue weighted by Crippen LogP contribution is -2.23. The highest BCUT2D eigenvalue weighted by Crippen LogP contribution is 2.24. The molecule has 0 aromatic heterocycles. The Morgan fingerprint density at radius 1 is 1.17 bits per heavy atom. The number of carbonyl (C=O) groups is 2. The highest BCUT2D eigenvalue weighted by Gasteiger charge is 2.23. The quantitative estimate of drug-likeness (QED) is 0.942. The summed E-state index contributed by atoms with van der Waals surface area (Å²) in [5.74, 6) is 0.349. The molecule has 1 aliphatic rings. The predicted molar refractivity (Wildman–Crippen MR) is 86.1 cm³/mol. The van der Waals surface area contributed by atoms with Crippen molar-refractivity contribution in [2.75, 3.05) is 30.5 Å². The van der Waals surface area contributed by atoms with E-state index in [1.165, 1.54) is 4.90 Å². The molecule has 2 amide bonds. The number of amides is 2. The van der Waals surface area contributed by atoms with Crippen LogP contribution in [0, 0.1) is 0 Å². The highest BCUT2D eigenvalue weighted by molar-refractivity contribution is 6.05. The Morgan fingerprint density at radius 2 is 1.91 bits per heavy atom. The van der Waals surface area contributed by atoms with Gasteiger partial charge in [-0.3, -0.25) is 9.69 Å². The predicted octanol–water partition coefficient (Wildman–Crippen LogP) is 2.90. The van der Waals surface area contributed by atoms with Crippen LogP contribution in [0.4, 0.5) is 16.2 Å². The average molecular weight is 312 g/mol. The van der Waals surface area contributed by atoms with E-state index in [0.29, 0.717) is 35.8 Å². The lowest BCUT2D eigenvalue weighted by atomic mass is 10.1. The van der Waals surface area contributed by atoms with Gasteiger partial charge in [-0.15, -0.1) is 0 Å². The molecule has 0 bridgehead atoms. The Morgan fingerprint density at radius 3 is 2.57 bits per heavy atom. The first-order valence-corrected chi connectivity index (χ1v) is 7.18. The first-order chi connectivity index (χ1) is 11.2. The largest absolute Gasteiger partial charge is 0.495 e. The Hall–Kier alpha value is -3.02. The van der Waals surface area contributed by atoms with Crippen LogP contribution in [0.2, 0.25) is 0 Å². The third-order valence-electron chi connectivity index (χ3n) is 3.56. The van der Waals surface area contributed by atoms with Crippen molar-refractivity contribution in [2.45, 2.75) is 0 Å². The molecule has 3 rings (SSSR count). The summed E-state index contributed by atoms with van der Waals surface area (Å²) in [4.78, 5) is 25.4. The van der Waals surface area contributed by atoms with Gasteiger partial charge in [-0.2, -0.15) is 0 Å². The zero-order valence-corrected chi connectivity index (χ0v) is 12.6. The molecule has 2 aromatic carbocycles. The van der Waals surface area contributed by atoms with E-state index in [-0.39, 0.29) is 12.0 Å². The number of hydrogen-bond acceptors (Lipinski definition) is 4. The second kappa shape index (κ2) is 6.39. The maximum atomic E-state index is 12.3. The van der Waals surface area contributed by atoms with Crippen molar-refractivity contribution in [3.63, 3.8) is 0 Å². The minimum atomic E-state index is -0.365. The van der Waals surface area contributed by atoms with E-state index >= 15 is 0 Å². The molecule has 0 atom stereocenters. The van der Waals surface area contributed by atoms with Crippen molar-refractivity contribution in [2.24, 2.45) is 0 Å². The summed E-state index contributed by atoms with van der Waals surface area (Å²) in [6.45, 7) is 0.903. The van der Waals surface area contributed by atoms with Crippen LogP contribution in [0.1, 0.15) is 10.4 Å². The normalized spacial score (nSPS) is 13.6. The molecule has 0 unspecified atom stereocenters. The molecule has 2 aromatic rings. The highest BCUT2D eigenvalue weighted by atomic mass is 16.6. The molecule has 0 spiro atoms. The van der Waals surface area contributed by atoms with Gasteiger partial charge in [0.2, 0.25) is 0 Å². The monoisotopic (exact) mass is 312 g/mol. The molecule has 1 aliphatic heterocycles. The number of carbonyl (C=O) groups excluding carboxylic acids is 2. The number of methoxy groups -OCH3 is 1. The van der Waals surface area contributed by atoms with Gasteiger partial charge in [-0.1, -0.05) is 12.1 Å². The molecule has 1 N–H and O–H groups in total. The van der Waals surface area contributed by atoms with E-state index < -0.39 is 0 Å². The molecule has 6 nitrogen and oxygen atoms in total. The summed E-state index contributed by atoms with van der Waals surface area (Å²) in [7, 11) is 1.55. The molecule has 0 aliphatic carbocycles. The summed E-state index contributed by atoms with van der Waals surface area (Å²) in [5.41, 5.74) is 1.81. The van der Waals surface area contributed by atoms with Gasteiger partial charge in [0.05, 0.1) is 19.3 Å². The van der Waals surface area contributed by atoms with E-state index in [2.05, 4.69) is 5.32 Å². The first-order valence-electron chi connectivity index (χ1n) is 7.18. The summed E-state index contributed by atoms with van der Waals surface area (Å²) in [6, 6.07) is 14.0. The number of nitrogens with zero attached hydrogens (tertiary/aromatic N) is 1. The fourth-order valence-corrected chi connectivity index (χ4v) is 2.36. The summed E-state index contributed by atoms with van der Waals surface area (Å²) in [6.07, 6.45) is -0.365. The second-order valence-electron chi connectivity index (χ2n) is 4.97. The number of para-hydroxylation sites is 2. The van der Waals surface area contributed by atoms with E-state index in [0.717, 1.165) is 0 Å². The van der Waals surface area contributed by atoms with Crippen LogP contribution in [0.5, 0.6) is 5.75 Å². The van der Waals surface area contributed by atoms with Crippen LogP contribution >= 0.6 is 0 Å². The first kappa shape index (κ1) is 14.9. The Bertz CT molecular complexity index is 728. The third-order valence-corrected chi connectivity index (χ3v) is 3.56.